The molecule has 8 nitrogen and oxygen atoms in total. The number of hydrogen-bond donors (Lipinski definition) is 1. The highest BCUT2D eigenvalue weighted by Crippen LogP contribution is 2.33. The third-order valence-electron chi connectivity index (χ3n) is 5.96. The molecule has 2 heterocycles. The zero-order valence-electron chi connectivity index (χ0n) is 21.2. The highest BCUT2D eigenvalue weighted by molar-refractivity contribution is 7.99. The van der Waals surface area contributed by atoms with Crippen LogP contribution in [0.1, 0.15) is 5.76 Å². The molecule has 0 radical (unpaired) electrons. The fourth-order valence-corrected chi connectivity index (χ4v) is 4.95. The van der Waals surface area contributed by atoms with Crippen LogP contribution in [0.25, 0.3) is 27.8 Å². The van der Waals surface area contributed by atoms with E-state index in [0.29, 0.717) is 21.8 Å². The molecule has 0 spiro atoms. The van der Waals surface area contributed by atoms with Crippen molar-refractivity contribution < 1.29 is 13.9 Å². The number of para-hydroxylation sites is 1. The van der Waals surface area contributed by atoms with Crippen molar-refractivity contribution in [1.29, 1.82) is 0 Å². The maximum atomic E-state index is 12.3. The number of hydrogen-bond acceptors (Lipinski definition) is 7. The highest BCUT2D eigenvalue weighted by Gasteiger charge is 2.18. The smallest absolute Gasteiger partial charge is 0.277 e. The van der Waals surface area contributed by atoms with Gasteiger partial charge in [0.2, 0.25) is 5.16 Å². The lowest BCUT2D eigenvalue weighted by atomic mass is 10.1. The minimum Gasteiger partial charge on any atom is -0.483 e. The maximum Gasteiger partial charge on any atom is 0.277 e. The van der Waals surface area contributed by atoms with Crippen molar-refractivity contribution in [1.82, 2.24) is 20.2 Å². The molecule has 0 aliphatic heterocycles. The Morgan fingerprint density at radius 2 is 1.62 bits per heavy atom. The van der Waals surface area contributed by atoms with E-state index in [1.54, 1.807) is 6.07 Å². The van der Waals surface area contributed by atoms with E-state index in [9.17, 15) is 4.79 Å². The third kappa shape index (κ3) is 5.64. The molecule has 0 fully saturated rings. The molecule has 6 rings (SSSR count). The van der Waals surface area contributed by atoms with Crippen molar-refractivity contribution in [2.75, 3.05) is 6.61 Å². The van der Waals surface area contributed by atoms with Gasteiger partial charge in [0.1, 0.15) is 11.5 Å². The monoisotopic (exact) mass is 545 g/mol. The first kappa shape index (κ1) is 25.1. The van der Waals surface area contributed by atoms with Crippen LogP contribution in [0.4, 0.5) is 0 Å². The number of fused-ring (bicyclic) bond motifs is 1. The van der Waals surface area contributed by atoms with Gasteiger partial charge < -0.3 is 9.15 Å². The summed E-state index contributed by atoms with van der Waals surface area (Å²) in [5.74, 6) is 1.47. The Morgan fingerprint density at radius 3 is 2.48 bits per heavy atom. The zero-order chi connectivity index (χ0) is 27.1. The van der Waals surface area contributed by atoms with E-state index < -0.39 is 0 Å². The van der Waals surface area contributed by atoms with Crippen LogP contribution < -0.4 is 10.2 Å². The Kier molecular flexibility index (Phi) is 7.36. The Hall–Kier alpha value is -5.15. The highest BCUT2D eigenvalue weighted by atomic mass is 32.2. The summed E-state index contributed by atoms with van der Waals surface area (Å²) < 4.78 is 13.6. The first-order valence-corrected chi connectivity index (χ1v) is 13.3. The van der Waals surface area contributed by atoms with E-state index in [1.807, 2.05) is 114 Å². The molecule has 4 aromatic carbocycles. The summed E-state index contributed by atoms with van der Waals surface area (Å²) in [5.41, 5.74) is 4.37. The fraction of sp³-hybridized carbons (Fsp3) is 0.0323. The lowest BCUT2D eigenvalue weighted by molar-refractivity contribution is -0.123. The van der Waals surface area contributed by atoms with E-state index in [0.717, 1.165) is 27.8 Å². The average Bonchev–Trinajstić information content (AvgIpc) is 3.64. The van der Waals surface area contributed by atoms with Gasteiger partial charge in [0.05, 0.1) is 6.21 Å². The third-order valence-corrected chi connectivity index (χ3v) is 6.83. The molecule has 40 heavy (non-hydrogen) atoms. The number of nitrogens with one attached hydrogen (secondary N) is 1. The number of ether oxygens (including phenoxy) is 1. The van der Waals surface area contributed by atoms with E-state index in [-0.39, 0.29) is 12.5 Å². The Morgan fingerprint density at radius 1 is 0.875 bits per heavy atom. The minimum atomic E-state index is -0.380. The second kappa shape index (κ2) is 11.7. The van der Waals surface area contributed by atoms with Gasteiger partial charge in [0, 0.05) is 16.6 Å². The summed E-state index contributed by atoms with van der Waals surface area (Å²) in [6, 6.07) is 37.0. The van der Waals surface area contributed by atoms with Crippen LogP contribution in [0.5, 0.6) is 5.75 Å². The molecule has 0 saturated carbocycles. The molecule has 0 bridgehead atoms. The van der Waals surface area contributed by atoms with Gasteiger partial charge in [0.25, 0.3) is 5.91 Å². The van der Waals surface area contributed by atoms with Crippen molar-refractivity contribution in [2.24, 2.45) is 5.10 Å². The van der Waals surface area contributed by atoms with E-state index >= 15 is 0 Å². The summed E-state index contributed by atoms with van der Waals surface area (Å²) in [5, 5.41) is 16.1. The minimum absolute atomic E-state index is 0.163. The van der Waals surface area contributed by atoms with E-state index in [2.05, 4.69) is 20.7 Å². The molecule has 1 amide bonds. The molecular formula is C31H23N5O3S. The fourth-order valence-electron chi connectivity index (χ4n) is 4.13. The molecule has 9 heteroatoms. The molecule has 0 aliphatic rings. The van der Waals surface area contributed by atoms with E-state index in [1.165, 1.54) is 18.0 Å². The second-order valence-corrected chi connectivity index (χ2v) is 9.63. The Balaban J connectivity index is 1.11. The molecule has 6 aromatic rings. The molecule has 2 aromatic heterocycles. The van der Waals surface area contributed by atoms with Crippen molar-refractivity contribution in [3.63, 3.8) is 0 Å². The molecule has 0 aliphatic carbocycles. The van der Waals surface area contributed by atoms with Crippen LogP contribution in [-0.4, -0.2) is 33.5 Å². The Labute approximate surface area is 234 Å². The summed E-state index contributed by atoms with van der Waals surface area (Å²) in [7, 11) is 0. The second-order valence-electron chi connectivity index (χ2n) is 8.66. The topological polar surface area (TPSA) is 94.5 Å². The molecule has 0 saturated heterocycles. The van der Waals surface area contributed by atoms with Crippen LogP contribution in [-0.2, 0) is 4.79 Å². The van der Waals surface area contributed by atoms with Crippen LogP contribution in [0.15, 0.2) is 135 Å². The number of rotatable bonds is 9. The number of carbonyl (C=O) groups is 1. The lowest BCUT2D eigenvalue weighted by Crippen LogP contribution is -2.24. The molecule has 1 N–H and O–H groups in total. The van der Waals surface area contributed by atoms with Crippen molar-refractivity contribution in [3.05, 3.63) is 121 Å². The van der Waals surface area contributed by atoms with Crippen molar-refractivity contribution in [2.45, 2.75) is 10.2 Å². The molecule has 0 unspecified atom stereocenters. The SMILES string of the molecule is O=C(COc1cccc2ccccc12)N/N=C/c1ccc(Sc2nnc(-c3ccccc3)n2-c2ccccc2)o1. The predicted octanol–water partition coefficient (Wildman–Crippen LogP) is 6.36. The largest absolute Gasteiger partial charge is 0.483 e. The molecule has 0 atom stereocenters. The van der Waals surface area contributed by atoms with Gasteiger partial charge >= 0.3 is 0 Å². The predicted molar refractivity (Wildman–Crippen MR) is 155 cm³/mol. The van der Waals surface area contributed by atoms with Gasteiger partial charge in [-0.1, -0.05) is 84.9 Å². The number of aromatic nitrogens is 3. The van der Waals surface area contributed by atoms with Crippen LogP contribution in [0, 0.1) is 0 Å². The number of amides is 1. The number of hydrazone groups is 1. The molecular weight excluding hydrogens is 522 g/mol. The summed E-state index contributed by atoms with van der Waals surface area (Å²) in [4.78, 5) is 12.3. The van der Waals surface area contributed by atoms with Crippen LogP contribution >= 0.6 is 11.8 Å². The summed E-state index contributed by atoms with van der Waals surface area (Å²) in [6.07, 6.45) is 1.44. The van der Waals surface area contributed by atoms with Crippen molar-refractivity contribution >= 4 is 34.7 Å². The number of furan rings is 1. The normalized spacial score (nSPS) is 11.2. The van der Waals surface area contributed by atoms with Gasteiger partial charge in [-0.2, -0.15) is 5.10 Å². The van der Waals surface area contributed by atoms with E-state index in [4.69, 9.17) is 9.15 Å². The Bertz CT molecular complexity index is 1780. The summed E-state index contributed by atoms with van der Waals surface area (Å²) in [6.45, 7) is -0.163. The van der Waals surface area contributed by atoms with Gasteiger partial charge in [-0.15, -0.1) is 10.2 Å². The van der Waals surface area contributed by atoms with Gasteiger partial charge in [-0.25, -0.2) is 5.43 Å². The standard InChI is InChI=1S/C31H23N5O3S/c37-28(21-38-27-17-9-13-22-10-7-8-16-26(22)27)33-32-20-25-18-19-29(39-25)40-31-35-34-30(23-11-3-1-4-12-23)36(31)24-14-5-2-6-15-24/h1-20H,21H2,(H,33,37)/b32-20+. The zero-order valence-corrected chi connectivity index (χ0v) is 22.0. The van der Waals surface area contributed by atoms with Gasteiger partial charge in [0.15, 0.2) is 17.5 Å². The molecule has 196 valence electrons. The quantitative estimate of drug-likeness (QED) is 0.168. The van der Waals surface area contributed by atoms with Crippen LogP contribution in [0.3, 0.4) is 0 Å². The lowest BCUT2D eigenvalue weighted by Gasteiger charge is -2.09. The first-order chi connectivity index (χ1) is 19.7. The first-order valence-electron chi connectivity index (χ1n) is 12.5. The van der Waals surface area contributed by atoms with Gasteiger partial charge in [-0.05, 0) is 47.5 Å². The van der Waals surface area contributed by atoms with Crippen LogP contribution in [0.2, 0.25) is 0 Å². The maximum absolute atomic E-state index is 12.3. The average molecular weight is 546 g/mol. The van der Waals surface area contributed by atoms with Crippen molar-refractivity contribution in [3.8, 4) is 22.8 Å². The number of benzene rings is 4. The number of carbonyl (C=O) groups excluding carboxylic acids is 1. The summed E-state index contributed by atoms with van der Waals surface area (Å²) >= 11 is 1.35. The number of nitrogens with zero attached hydrogens (tertiary/aromatic N) is 4. The van der Waals surface area contributed by atoms with Gasteiger partial charge in [-0.3, -0.25) is 9.36 Å².